The topological polar surface area (TPSA) is 43.4 Å². The number of carbonyl (C=O) groups is 2. The zero-order valence-electron chi connectivity index (χ0n) is 9.12. The molecule has 0 radical (unpaired) electrons. The zero-order valence-corrected chi connectivity index (χ0v) is 9.12. The summed E-state index contributed by atoms with van der Waals surface area (Å²) in [6, 6.07) is 0. The van der Waals surface area contributed by atoms with Gasteiger partial charge in [-0.15, -0.1) is 0 Å². The summed E-state index contributed by atoms with van der Waals surface area (Å²) in [6.45, 7) is 2.78. The standard InChI is InChI=1S/C8H12O2.C3H8O/c9-6-5-7-3-1-2-4-8(7)10;1-3-4-2/h6-7H,1-5H2;3H2,1-2H3. The van der Waals surface area contributed by atoms with Crippen molar-refractivity contribution < 1.29 is 14.3 Å². The van der Waals surface area contributed by atoms with Crippen molar-refractivity contribution in [3.63, 3.8) is 0 Å². The zero-order chi connectivity index (χ0) is 10.8. The fraction of sp³-hybridized carbons (Fsp3) is 0.818. The first kappa shape index (κ1) is 13.3. The first-order valence-electron chi connectivity index (χ1n) is 5.21. The number of hydrogen-bond acceptors (Lipinski definition) is 3. The molecule has 0 bridgehead atoms. The molecule has 3 heteroatoms. The van der Waals surface area contributed by atoms with E-state index in [0.29, 0.717) is 18.6 Å². The Balaban J connectivity index is 0.000000364. The van der Waals surface area contributed by atoms with Crippen molar-refractivity contribution in [3.8, 4) is 0 Å². The van der Waals surface area contributed by atoms with E-state index in [1.807, 2.05) is 6.92 Å². The Kier molecular flexibility index (Phi) is 8.43. The second-order valence-electron chi connectivity index (χ2n) is 3.39. The van der Waals surface area contributed by atoms with Gasteiger partial charge in [0, 0.05) is 32.5 Å². The summed E-state index contributed by atoms with van der Waals surface area (Å²) >= 11 is 0. The lowest BCUT2D eigenvalue weighted by Gasteiger charge is -2.17. The highest BCUT2D eigenvalue weighted by Gasteiger charge is 2.20. The molecule has 1 atom stereocenters. The minimum atomic E-state index is 0.0613. The van der Waals surface area contributed by atoms with Crippen LogP contribution in [0.3, 0.4) is 0 Å². The van der Waals surface area contributed by atoms with Crippen molar-refractivity contribution in [3.05, 3.63) is 0 Å². The van der Waals surface area contributed by atoms with Crippen molar-refractivity contribution in [2.45, 2.75) is 39.0 Å². The summed E-state index contributed by atoms with van der Waals surface area (Å²) < 4.78 is 4.54. The minimum absolute atomic E-state index is 0.0613. The van der Waals surface area contributed by atoms with Crippen LogP contribution in [0.15, 0.2) is 0 Å². The molecule has 1 aliphatic rings. The second-order valence-corrected chi connectivity index (χ2v) is 3.39. The van der Waals surface area contributed by atoms with Crippen LogP contribution in [0.1, 0.15) is 39.0 Å². The highest BCUT2D eigenvalue weighted by molar-refractivity contribution is 5.83. The van der Waals surface area contributed by atoms with E-state index in [0.717, 1.165) is 32.2 Å². The average Bonchev–Trinajstić information content (AvgIpc) is 2.22. The predicted molar refractivity (Wildman–Crippen MR) is 55.2 cm³/mol. The molecular weight excluding hydrogens is 180 g/mol. The largest absolute Gasteiger partial charge is 0.385 e. The van der Waals surface area contributed by atoms with Crippen LogP contribution in [-0.2, 0) is 14.3 Å². The van der Waals surface area contributed by atoms with Crippen LogP contribution >= 0.6 is 0 Å². The summed E-state index contributed by atoms with van der Waals surface area (Å²) in [7, 11) is 1.68. The lowest BCUT2D eigenvalue weighted by molar-refractivity contribution is -0.126. The Hall–Kier alpha value is -0.700. The minimum Gasteiger partial charge on any atom is -0.385 e. The molecule has 0 amide bonds. The summed E-state index contributed by atoms with van der Waals surface area (Å²) in [6.07, 6.45) is 5.06. The molecule has 3 nitrogen and oxygen atoms in total. The van der Waals surface area contributed by atoms with Gasteiger partial charge in [-0.2, -0.15) is 0 Å². The summed E-state index contributed by atoms with van der Waals surface area (Å²) in [5.74, 6) is 0.351. The first-order valence-corrected chi connectivity index (χ1v) is 5.21. The van der Waals surface area contributed by atoms with E-state index < -0.39 is 0 Å². The molecule has 1 rings (SSSR count). The van der Waals surface area contributed by atoms with Crippen LogP contribution in [0.25, 0.3) is 0 Å². The summed E-state index contributed by atoms with van der Waals surface area (Å²) in [5, 5.41) is 0. The van der Waals surface area contributed by atoms with E-state index in [1.165, 1.54) is 0 Å². The molecule has 0 aromatic rings. The van der Waals surface area contributed by atoms with Gasteiger partial charge in [-0.1, -0.05) is 6.42 Å². The third-order valence-corrected chi connectivity index (χ3v) is 2.35. The van der Waals surface area contributed by atoms with Crippen LogP contribution in [-0.4, -0.2) is 25.8 Å². The van der Waals surface area contributed by atoms with E-state index in [9.17, 15) is 9.59 Å². The molecule has 1 unspecified atom stereocenters. The Bertz CT molecular complexity index is 164. The number of ketones is 1. The fourth-order valence-corrected chi connectivity index (χ4v) is 1.42. The molecular formula is C11H20O3. The predicted octanol–water partition coefficient (Wildman–Crippen LogP) is 1.99. The Morgan fingerprint density at radius 2 is 2.14 bits per heavy atom. The van der Waals surface area contributed by atoms with Crippen molar-refractivity contribution in [2.24, 2.45) is 5.92 Å². The van der Waals surface area contributed by atoms with Crippen LogP contribution < -0.4 is 0 Å². The Morgan fingerprint density at radius 3 is 2.57 bits per heavy atom. The monoisotopic (exact) mass is 200 g/mol. The molecule has 0 spiro atoms. The van der Waals surface area contributed by atoms with Crippen molar-refractivity contribution in [1.82, 2.24) is 0 Å². The number of carbonyl (C=O) groups excluding carboxylic acids is 2. The Labute approximate surface area is 85.8 Å². The number of aldehydes is 1. The highest BCUT2D eigenvalue weighted by Crippen LogP contribution is 2.21. The smallest absolute Gasteiger partial charge is 0.136 e. The van der Waals surface area contributed by atoms with Gasteiger partial charge in [0.2, 0.25) is 0 Å². The van der Waals surface area contributed by atoms with Crippen LogP contribution in [0.2, 0.25) is 0 Å². The average molecular weight is 200 g/mol. The lowest BCUT2D eigenvalue weighted by atomic mass is 9.86. The van der Waals surface area contributed by atoms with E-state index in [4.69, 9.17) is 0 Å². The van der Waals surface area contributed by atoms with Gasteiger partial charge in [0.1, 0.15) is 12.1 Å². The molecule has 0 aromatic carbocycles. The number of methoxy groups -OCH3 is 1. The molecule has 0 N–H and O–H groups in total. The quantitative estimate of drug-likeness (QED) is 0.654. The number of hydrogen-bond donors (Lipinski definition) is 0. The molecule has 1 aliphatic carbocycles. The van der Waals surface area contributed by atoms with Gasteiger partial charge in [-0.25, -0.2) is 0 Å². The number of ether oxygens (including phenoxy) is 1. The van der Waals surface area contributed by atoms with E-state index >= 15 is 0 Å². The maximum absolute atomic E-state index is 11.0. The lowest BCUT2D eigenvalue weighted by Crippen LogP contribution is -2.18. The number of Topliss-reactive ketones (excluding diaryl/α,β-unsaturated/α-hetero) is 1. The van der Waals surface area contributed by atoms with Crippen LogP contribution in [0.4, 0.5) is 0 Å². The van der Waals surface area contributed by atoms with Gasteiger partial charge in [-0.3, -0.25) is 4.79 Å². The summed E-state index contributed by atoms with van der Waals surface area (Å²) in [4.78, 5) is 21.1. The van der Waals surface area contributed by atoms with Crippen molar-refractivity contribution in [2.75, 3.05) is 13.7 Å². The highest BCUT2D eigenvalue weighted by atomic mass is 16.5. The van der Waals surface area contributed by atoms with E-state index in [-0.39, 0.29) is 5.92 Å². The van der Waals surface area contributed by atoms with Gasteiger partial charge in [0.05, 0.1) is 0 Å². The normalized spacial score (nSPS) is 21.0. The third kappa shape index (κ3) is 5.86. The first-order chi connectivity index (χ1) is 6.76. The molecule has 0 saturated heterocycles. The second kappa shape index (κ2) is 8.88. The molecule has 0 heterocycles. The molecule has 1 saturated carbocycles. The molecule has 0 aliphatic heterocycles. The van der Waals surface area contributed by atoms with Gasteiger partial charge < -0.3 is 9.53 Å². The molecule has 14 heavy (non-hydrogen) atoms. The van der Waals surface area contributed by atoms with Gasteiger partial charge >= 0.3 is 0 Å². The van der Waals surface area contributed by atoms with Crippen LogP contribution in [0.5, 0.6) is 0 Å². The van der Waals surface area contributed by atoms with Gasteiger partial charge in [0.15, 0.2) is 0 Å². The van der Waals surface area contributed by atoms with Gasteiger partial charge in [0.25, 0.3) is 0 Å². The summed E-state index contributed by atoms with van der Waals surface area (Å²) in [5.41, 5.74) is 0. The maximum atomic E-state index is 11.0. The van der Waals surface area contributed by atoms with E-state index in [1.54, 1.807) is 7.11 Å². The van der Waals surface area contributed by atoms with Crippen molar-refractivity contribution >= 4 is 12.1 Å². The third-order valence-electron chi connectivity index (χ3n) is 2.35. The molecule has 1 fully saturated rings. The number of rotatable bonds is 3. The molecule has 82 valence electrons. The Morgan fingerprint density at radius 1 is 1.50 bits per heavy atom. The van der Waals surface area contributed by atoms with E-state index in [2.05, 4.69) is 4.74 Å². The SMILES string of the molecule is CCOC.O=CCC1CCCCC1=O. The molecule has 0 aromatic heterocycles. The fourth-order valence-electron chi connectivity index (χ4n) is 1.42. The van der Waals surface area contributed by atoms with Gasteiger partial charge in [-0.05, 0) is 19.8 Å². The maximum Gasteiger partial charge on any atom is 0.136 e. The van der Waals surface area contributed by atoms with Crippen molar-refractivity contribution in [1.29, 1.82) is 0 Å². The van der Waals surface area contributed by atoms with Crippen LogP contribution in [0, 0.1) is 5.92 Å².